The van der Waals surface area contributed by atoms with Crippen molar-refractivity contribution in [3.05, 3.63) is 58.1 Å². The third-order valence-electron chi connectivity index (χ3n) is 2.82. The Morgan fingerprint density at radius 3 is 2.61 bits per heavy atom. The Kier molecular flexibility index (Phi) is 5.84. The van der Waals surface area contributed by atoms with Crippen LogP contribution < -0.4 is 10.1 Å². The zero-order valence-corrected chi connectivity index (χ0v) is 13.6. The minimum atomic E-state index is -0.582. The van der Waals surface area contributed by atoms with Crippen LogP contribution in [-0.4, -0.2) is 25.6 Å². The molecule has 2 rings (SSSR count). The third-order valence-corrected chi connectivity index (χ3v) is 3.39. The van der Waals surface area contributed by atoms with Crippen LogP contribution >= 0.6 is 23.2 Å². The average Bonchev–Trinajstić information content (AvgIpc) is 2.54. The van der Waals surface area contributed by atoms with Gasteiger partial charge in [0, 0.05) is 10.7 Å². The molecule has 0 aliphatic carbocycles. The first kappa shape index (κ1) is 17.1. The molecule has 7 heteroatoms. The van der Waals surface area contributed by atoms with E-state index in [-0.39, 0.29) is 23.1 Å². The lowest BCUT2D eigenvalue weighted by Crippen LogP contribution is -2.20. The largest absolute Gasteiger partial charge is 0.484 e. The van der Waals surface area contributed by atoms with Gasteiger partial charge >= 0.3 is 5.97 Å². The number of carbonyl (C=O) groups is 2. The fourth-order valence-corrected chi connectivity index (χ4v) is 2.15. The molecule has 0 atom stereocenters. The van der Waals surface area contributed by atoms with E-state index >= 15 is 0 Å². The zero-order valence-electron chi connectivity index (χ0n) is 12.1. The van der Waals surface area contributed by atoms with Crippen LogP contribution in [0.4, 0.5) is 5.69 Å². The van der Waals surface area contributed by atoms with Gasteiger partial charge in [0.25, 0.3) is 5.91 Å². The first-order chi connectivity index (χ1) is 11.0. The fourth-order valence-electron chi connectivity index (χ4n) is 1.77. The SMILES string of the molecule is COC(=O)c1cc(NC(=O)COc2cccc(Cl)c2)ccc1Cl. The lowest BCUT2D eigenvalue weighted by atomic mass is 10.2. The predicted octanol–water partition coefficient (Wildman–Crippen LogP) is 3.80. The van der Waals surface area contributed by atoms with Crippen LogP contribution in [-0.2, 0) is 9.53 Å². The predicted molar refractivity (Wildman–Crippen MR) is 88.4 cm³/mol. The highest BCUT2D eigenvalue weighted by atomic mass is 35.5. The van der Waals surface area contributed by atoms with Gasteiger partial charge in [0.15, 0.2) is 6.61 Å². The number of anilines is 1. The molecule has 0 unspecified atom stereocenters. The summed E-state index contributed by atoms with van der Waals surface area (Å²) in [7, 11) is 1.25. The smallest absolute Gasteiger partial charge is 0.339 e. The van der Waals surface area contributed by atoms with Crippen molar-refractivity contribution in [3.8, 4) is 5.75 Å². The number of benzene rings is 2. The highest BCUT2D eigenvalue weighted by molar-refractivity contribution is 6.33. The van der Waals surface area contributed by atoms with Gasteiger partial charge in [-0.2, -0.15) is 0 Å². The molecule has 0 aromatic heterocycles. The second kappa shape index (κ2) is 7.85. The van der Waals surface area contributed by atoms with E-state index in [0.29, 0.717) is 16.5 Å². The van der Waals surface area contributed by atoms with Crippen LogP contribution in [0.5, 0.6) is 5.75 Å². The van der Waals surface area contributed by atoms with Gasteiger partial charge in [-0.1, -0.05) is 29.3 Å². The number of halogens is 2. The lowest BCUT2D eigenvalue weighted by Gasteiger charge is -2.09. The van der Waals surface area contributed by atoms with Crippen LogP contribution in [0.1, 0.15) is 10.4 Å². The fraction of sp³-hybridized carbons (Fsp3) is 0.125. The van der Waals surface area contributed by atoms with Crippen LogP contribution in [0, 0.1) is 0 Å². The van der Waals surface area contributed by atoms with E-state index in [4.69, 9.17) is 27.9 Å². The maximum absolute atomic E-state index is 11.9. The molecule has 0 saturated carbocycles. The van der Waals surface area contributed by atoms with Crippen LogP contribution in [0.25, 0.3) is 0 Å². The molecule has 120 valence electrons. The number of hydrogen-bond donors (Lipinski definition) is 1. The molecule has 0 radical (unpaired) electrons. The Labute approximate surface area is 143 Å². The number of hydrogen-bond acceptors (Lipinski definition) is 4. The number of rotatable bonds is 5. The first-order valence-corrected chi connectivity index (χ1v) is 7.31. The van der Waals surface area contributed by atoms with Crippen molar-refractivity contribution in [1.29, 1.82) is 0 Å². The van der Waals surface area contributed by atoms with E-state index < -0.39 is 5.97 Å². The highest BCUT2D eigenvalue weighted by Crippen LogP contribution is 2.21. The molecule has 0 aliphatic rings. The summed E-state index contributed by atoms with van der Waals surface area (Å²) in [5.41, 5.74) is 0.581. The summed E-state index contributed by atoms with van der Waals surface area (Å²) < 4.78 is 9.95. The van der Waals surface area contributed by atoms with E-state index in [1.54, 1.807) is 30.3 Å². The number of esters is 1. The third kappa shape index (κ3) is 4.87. The van der Waals surface area contributed by atoms with E-state index in [1.807, 2.05) is 0 Å². The molecule has 0 fully saturated rings. The molecule has 0 bridgehead atoms. The number of carbonyl (C=O) groups excluding carboxylic acids is 2. The standard InChI is InChI=1S/C16H13Cl2NO4/c1-22-16(21)13-8-11(5-6-14(13)18)19-15(20)9-23-12-4-2-3-10(17)7-12/h2-8H,9H2,1H3,(H,19,20). The second-order valence-electron chi connectivity index (χ2n) is 4.48. The molecule has 23 heavy (non-hydrogen) atoms. The molecule has 2 aromatic rings. The molecular weight excluding hydrogens is 341 g/mol. The molecule has 1 amide bonds. The summed E-state index contributed by atoms with van der Waals surface area (Å²) in [6.45, 7) is -0.198. The Morgan fingerprint density at radius 2 is 1.91 bits per heavy atom. The quantitative estimate of drug-likeness (QED) is 0.830. The molecular formula is C16H13Cl2NO4. The number of nitrogens with one attached hydrogen (secondary N) is 1. The van der Waals surface area contributed by atoms with Gasteiger partial charge in [0.05, 0.1) is 17.7 Å². The number of ether oxygens (including phenoxy) is 2. The van der Waals surface area contributed by atoms with Crippen molar-refractivity contribution in [1.82, 2.24) is 0 Å². The van der Waals surface area contributed by atoms with Crippen molar-refractivity contribution in [2.24, 2.45) is 0 Å². The van der Waals surface area contributed by atoms with Crippen molar-refractivity contribution in [3.63, 3.8) is 0 Å². The summed E-state index contributed by atoms with van der Waals surface area (Å²) >= 11 is 11.7. The topological polar surface area (TPSA) is 64.6 Å². The van der Waals surface area contributed by atoms with Gasteiger partial charge in [0.2, 0.25) is 0 Å². The van der Waals surface area contributed by atoms with E-state index in [0.717, 1.165) is 0 Å². The molecule has 2 aromatic carbocycles. The molecule has 5 nitrogen and oxygen atoms in total. The van der Waals surface area contributed by atoms with Crippen molar-refractivity contribution in [2.75, 3.05) is 19.0 Å². The van der Waals surface area contributed by atoms with Crippen LogP contribution in [0.3, 0.4) is 0 Å². The summed E-state index contributed by atoms with van der Waals surface area (Å²) in [5, 5.41) is 3.37. The molecule has 0 aliphatic heterocycles. The van der Waals surface area contributed by atoms with E-state index in [2.05, 4.69) is 10.1 Å². The van der Waals surface area contributed by atoms with E-state index in [9.17, 15) is 9.59 Å². The van der Waals surface area contributed by atoms with E-state index in [1.165, 1.54) is 19.2 Å². The Morgan fingerprint density at radius 1 is 1.13 bits per heavy atom. The summed E-state index contributed by atoms with van der Waals surface area (Å²) in [6, 6.07) is 11.2. The lowest BCUT2D eigenvalue weighted by molar-refractivity contribution is -0.118. The number of amides is 1. The summed E-state index contributed by atoms with van der Waals surface area (Å²) in [6.07, 6.45) is 0. The summed E-state index contributed by atoms with van der Waals surface area (Å²) in [4.78, 5) is 23.4. The molecule has 1 N–H and O–H groups in total. The zero-order chi connectivity index (χ0) is 16.8. The Balaban J connectivity index is 1.99. The van der Waals surface area contributed by atoms with Crippen molar-refractivity contribution >= 4 is 40.8 Å². The molecule has 0 saturated heterocycles. The van der Waals surface area contributed by atoms with Gasteiger partial charge in [-0.3, -0.25) is 4.79 Å². The molecule has 0 heterocycles. The average molecular weight is 354 g/mol. The van der Waals surface area contributed by atoms with Gasteiger partial charge < -0.3 is 14.8 Å². The van der Waals surface area contributed by atoms with Crippen molar-refractivity contribution < 1.29 is 19.1 Å². The Hall–Kier alpha value is -2.24. The van der Waals surface area contributed by atoms with Crippen molar-refractivity contribution in [2.45, 2.75) is 0 Å². The second-order valence-corrected chi connectivity index (χ2v) is 5.32. The minimum absolute atomic E-state index is 0.169. The maximum Gasteiger partial charge on any atom is 0.339 e. The highest BCUT2D eigenvalue weighted by Gasteiger charge is 2.12. The monoisotopic (exact) mass is 353 g/mol. The molecule has 0 spiro atoms. The Bertz CT molecular complexity index is 734. The van der Waals surface area contributed by atoms with Crippen LogP contribution in [0.15, 0.2) is 42.5 Å². The first-order valence-electron chi connectivity index (χ1n) is 6.55. The summed E-state index contributed by atoms with van der Waals surface area (Å²) in [5.74, 6) is -0.483. The van der Waals surface area contributed by atoms with Gasteiger partial charge in [-0.25, -0.2) is 4.79 Å². The van der Waals surface area contributed by atoms with Crippen LogP contribution in [0.2, 0.25) is 10.0 Å². The maximum atomic E-state index is 11.9. The normalized spacial score (nSPS) is 10.0. The van der Waals surface area contributed by atoms with Gasteiger partial charge in [-0.15, -0.1) is 0 Å². The number of methoxy groups -OCH3 is 1. The van der Waals surface area contributed by atoms with Gasteiger partial charge in [0.1, 0.15) is 5.75 Å². The minimum Gasteiger partial charge on any atom is -0.484 e. The van der Waals surface area contributed by atoms with Gasteiger partial charge in [-0.05, 0) is 36.4 Å².